The molecule has 30 heavy (non-hydrogen) atoms. The second-order valence-electron chi connectivity index (χ2n) is 6.83. The Kier molecular flexibility index (Phi) is 4.78. The lowest BCUT2D eigenvalue weighted by atomic mass is 10.2. The van der Waals surface area contributed by atoms with Gasteiger partial charge in [0.25, 0.3) is 0 Å². The number of carbonyl (C=O) groups excluding carboxylic acids is 2. The molecular weight excluding hydrogens is 386 g/mol. The van der Waals surface area contributed by atoms with Crippen molar-refractivity contribution >= 4 is 29.5 Å². The second kappa shape index (κ2) is 7.43. The highest BCUT2D eigenvalue weighted by molar-refractivity contribution is 6.04. The van der Waals surface area contributed by atoms with Crippen LogP contribution in [0.5, 0.6) is 0 Å². The van der Waals surface area contributed by atoms with E-state index in [0.29, 0.717) is 5.69 Å². The summed E-state index contributed by atoms with van der Waals surface area (Å²) >= 11 is 0. The van der Waals surface area contributed by atoms with Crippen LogP contribution < -0.4 is 10.2 Å². The normalized spacial score (nSPS) is 19.8. The standard InChI is InChI=1S/C21H21N5O4/c1-21-24(2)14-17(18(27)29-3)26(21)23-19(25(21)16-12-8-5-9-13-16)30-20(28)22-15-10-6-4-7-11-15/h4-14H,1-3H3,(H,22,28). The molecule has 1 amide bonds. The molecule has 0 bridgehead atoms. The van der Waals surface area contributed by atoms with Gasteiger partial charge in [-0.1, -0.05) is 36.4 Å². The summed E-state index contributed by atoms with van der Waals surface area (Å²) in [7, 11) is 3.11. The monoisotopic (exact) mass is 407 g/mol. The van der Waals surface area contributed by atoms with E-state index in [2.05, 4.69) is 10.4 Å². The zero-order valence-electron chi connectivity index (χ0n) is 16.8. The van der Waals surface area contributed by atoms with Crippen LogP contribution >= 0.6 is 0 Å². The van der Waals surface area contributed by atoms with E-state index in [1.807, 2.05) is 43.3 Å². The van der Waals surface area contributed by atoms with Gasteiger partial charge in [-0.05, 0) is 24.3 Å². The quantitative estimate of drug-likeness (QED) is 0.783. The van der Waals surface area contributed by atoms with E-state index in [0.717, 1.165) is 5.69 Å². The van der Waals surface area contributed by atoms with Gasteiger partial charge in [0.1, 0.15) is 0 Å². The van der Waals surface area contributed by atoms with Crippen molar-refractivity contribution in [3.05, 3.63) is 72.6 Å². The van der Waals surface area contributed by atoms with Crippen LogP contribution in [0.2, 0.25) is 0 Å². The summed E-state index contributed by atoms with van der Waals surface area (Å²) in [6, 6.07) is 18.3. The molecule has 1 atom stereocenters. The van der Waals surface area contributed by atoms with Crippen molar-refractivity contribution in [2.24, 2.45) is 5.10 Å². The molecule has 0 aromatic heterocycles. The molecule has 154 valence electrons. The number of benzene rings is 2. The molecule has 9 nitrogen and oxygen atoms in total. The Labute approximate surface area is 173 Å². The van der Waals surface area contributed by atoms with Crippen molar-refractivity contribution in [3.8, 4) is 0 Å². The topological polar surface area (TPSA) is 86.7 Å². The molecule has 2 aromatic carbocycles. The van der Waals surface area contributed by atoms with Crippen LogP contribution in [-0.4, -0.2) is 47.9 Å². The molecule has 4 rings (SSSR count). The number of fused-ring (bicyclic) bond motifs is 1. The number of carbonyl (C=O) groups is 2. The summed E-state index contributed by atoms with van der Waals surface area (Å²) < 4.78 is 10.5. The summed E-state index contributed by atoms with van der Waals surface area (Å²) in [5.74, 6) is -1.50. The first-order chi connectivity index (χ1) is 14.4. The minimum atomic E-state index is -0.951. The number of hydrogen-bond acceptors (Lipinski definition) is 8. The van der Waals surface area contributed by atoms with Crippen LogP contribution in [0.25, 0.3) is 0 Å². The fraction of sp³-hybridized carbons (Fsp3) is 0.190. The van der Waals surface area contributed by atoms with E-state index in [1.54, 1.807) is 47.3 Å². The van der Waals surface area contributed by atoms with Crippen LogP contribution in [0.3, 0.4) is 0 Å². The summed E-state index contributed by atoms with van der Waals surface area (Å²) in [4.78, 5) is 28.4. The molecule has 2 aliphatic rings. The smallest absolute Gasteiger partial charge is 0.419 e. The number of amidine groups is 1. The predicted octanol–water partition coefficient (Wildman–Crippen LogP) is 2.96. The van der Waals surface area contributed by atoms with Crippen molar-refractivity contribution in [1.29, 1.82) is 0 Å². The molecule has 0 spiro atoms. The van der Waals surface area contributed by atoms with Gasteiger partial charge in [-0.25, -0.2) is 14.6 Å². The predicted molar refractivity (Wildman–Crippen MR) is 111 cm³/mol. The number of amides is 1. The average molecular weight is 407 g/mol. The van der Waals surface area contributed by atoms with Gasteiger partial charge in [-0.2, -0.15) is 0 Å². The zero-order chi connectivity index (χ0) is 21.3. The maximum Gasteiger partial charge on any atom is 0.419 e. The van der Waals surface area contributed by atoms with Gasteiger partial charge in [0.2, 0.25) is 5.79 Å². The minimum absolute atomic E-state index is 0.0264. The molecule has 0 aliphatic carbocycles. The SMILES string of the molecule is COC(=O)C1=CN(C)C2(C)N1N=C(OC(=O)Nc1ccccc1)N2c1ccccc1. The maximum atomic E-state index is 12.5. The number of para-hydroxylation sites is 2. The summed E-state index contributed by atoms with van der Waals surface area (Å²) in [6.45, 7) is 1.86. The van der Waals surface area contributed by atoms with Crippen molar-refractivity contribution in [2.75, 3.05) is 24.4 Å². The number of nitrogens with zero attached hydrogens (tertiary/aromatic N) is 4. The molecule has 0 radical (unpaired) electrons. The minimum Gasteiger partial charge on any atom is -0.464 e. The number of nitrogens with one attached hydrogen (secondary N) is 1. The molecule has 2 heterocycles. The summed E-state index contributed by atoms with van der Waals surface area (Å²) in [5.41, 5.74) is 1.55. The summed E-state index contributed by atoms with van der Waals surface area (Å²) in [5, 5.41) is 8.60. The van der Waals surface area contributed by atoms with Gasteiger partial charge in [0.15, 0.2) is 5.70 Å². The number of hydrazone groups is 1. The van der Waals surface area contributed by atoms with Crippen LogP contribution in [0.1, 0.15) is 6.92 Å². The van der Waals surface area contributed by atoms with E-state index < -0.39 is 17.8 Å². The van der Waals surface area contributed by atoms with Crippen molar-refractivity contribution in [1.82, 2.24) is 9.91 Å². The number of esters is 1. The highest BCUT2D eigenvalue weighted by Gasteiger charge is 2.56. The fourth-order valence-electron chi connectivity index (χ4n) is 3.44. The largest absolute Gasteiger partial charge is 0.464 e. The van der Waals surface area contributed by atoms with Gasteiger partial charge in [0, 0.05) is 31.5 Å². The van der Waals surface area contributed by atoms with Crippen LogP contribution in [0, 0.1) is 0 Å². The molecule has 0 saturated heterocycles. The van der Waals surface area contributed by atoms with Gasteiger partial charge < -0.3 is 14.4 Å². The Morgan fingerprint density at radius 2 is 1.67 bits per heavy atom. The third-order valence-corrected chi connectivity index (χ3v) is 5.03. The lowest BCUT2D eigenvalue weighted by molar-refractivity contribution is -0.138. The van der Waals surface area contributed by atoms with E-state index in [4.69, 9.17) is 9.47 Å². The lowest BCUT2D eigenvalue weighted by Crippen LogP contribution is -2.59. The fourth-order valence-corrected chi connectivity index (χ4v) is 3.44. The first kappa shape index (κ1) is 19.3. The van der Waals surface area contributed by atoms with E-state index in [-0.39, 0.29) is 11.7 Å². The number of ether oxygens (including phenoxy) is 2. The lowest BCUT2D eigenvalue weighted by Gasteiger charge is -2.41. The highest BCUT2D eigenvalue weighted by Crippen LogP contribution is 2.42. The molecule has 1 N–H and O–H groups in total. The average Bonchev–Trinajstić information content (AvgIpc) is 3.18. The molecule has 9 heteroatoms. The number of anilines is 2. The van der Waals surface area contributed by atoms with Crippen molar-refractivity contribution in [2.45, 2.75) is 12.7 Å². The van der Waals surface area contributed by atoms with Crippen LogP contribution in [-0.2, 0) is 14.3 Å². The highest BCUT2D eigenvalue weighted by atomic mass is 16.6. The third kappa shape index (κ3) is 3.10. The first-order valence-electron chi connectivity index (χ1n) is 9.26. The number of hydrogen-bond donors (Lipinski definition) is 1. The number of rotatable bonds is 3. The Balaban J connectivity index is 1.69. The van der Waals surface area contributed by atoms with Crippen molar-refractivity contribution in [3.63, 3.8) is 0 Å². The molecular formula is C21H21N5O4. The molecule has 0 saturated carbocycles. The van der Waals surface area contributed by atoms with Gasteiger partial charge in [-0.15, -0.1) is 5.10 Å². The first-order valence-corrected chi connectivity index (χ1v) is 9.26. The Bertz CT molecular complexity index is 1020. The maximum absolute atomic E-state index is 12.5. The second-order valence-corrected chi connectivity index (χ2v) is 6.83. The van der Waals surface area contributed by atoms with Gasteiger partial charge in [0.05, 0.1) is 7.11 Å². The molecule has 2 aromatic rings. The van der Waals surface area contributed by atoms with E-state index in [9.17, 15) is 9.59 Å². The van der Waals surface area contributed by atoms with Crippen LogP contribution in [0.4, 0.5) is 16.2 Å². The Hall–Kier alpha value is -4.01. The molecule has 2 aliphatic heterocycles. The summed E-state index contributed by atoms with van der Waals surface area (Å²) in [6.07, 6.45) is 0.948. The van der Waals surface area contributed by atoms with Gasteiger partial charge in [-0.3, -0.25) is 10.2 Å². The third-order valence-electron chi connectivity index (χ3n) is 5.03. The Morgan fingerprint density at radius 1 is 1.03 bits per heavy atom. The van der Waals surface area contributed by atoms with Gasteiger partial charge >= 0.3 is 18.1 Å². The van der Waals surface area contributed by atoms with Crippen LogP contribution in [0.15, 0.2) is 77.7 Å². The van der Waals surface area contributed by atoms with E-state index in [1.165, 1.54) is 12.1 Å². The van der Waals surface area contributed by atoms with Crippen molar-refractivity contribution < 1.29 is 19.1 Å². The molecule has 1 unspecified atom stereocenters. The number of methoxy groups -OCH3 is 1. The zero-order valence-corrected chi connectivity index (χ0v) is 16.8. The molecule has 0 fully saturated rings. The Morgan fingerprint density at radius 3 is 2.30 bits per heavy atom. The van der Waals surface area contributed by atoms with E-state index >= 15 is 0 Å².